The van der Waals surface area contributed by atoms with Gasteiger partial charge in [-0.1, -0.05) is 0 Å². The topological polar surface area (TPSA) is 55.7 Å². The molecular formula is C9H7N3OS. The lowest BCUT2D eigenvalue weighted by Crippen LogP contribution is -1.91. The van der Waals surface area contributed by atoms with E-state index in [0.717, 1.165) is 17.7 Å². The number of hydrogen-bond donors (Lipinski definition) is 0. The maximum absolute atomic E-state index is 10.4. The van der Waals surface area contributed by atoms with E-state index < -0.39 is 0 Å². The van der Waals surface area contributed by atoms with Gasteiger partial charge in [0.05, 0.1) is 5.69 Å². The molecule has 0 unspecified atom stereocenters. The second-order valence-corrected chi connectivity index (χ2v) is 3.57. The zero-order valence-electron chi connectivity index (χ0n) is 7.47. The number of aldehydes is 1. The molecule has 0 aromatic carbocycles. The molecule has 2 rings (SSSR count). The minimum Gasteiger partial charge on any atom is -0.295 e. The molecule has 0 spiro atoms. The maximum atomic E-state index is 10.4. The van der Waals surface area contributed by atoms with E-state index in [1.807, 2.05) is 6.92 Å². The first-order valence-corrected chi connectivity index (χ1v) is 4.88. The molecule has 0 amide bonds. The van der Waals surface area contributed by atoms with Gasteiger partial charge < -0.3 is 0 Å². The highest BCUT2D eigenvalue weighted by atomic mass is 32.1. The van der Waals surface area contributed by atoms with Crippen molar-refractivity contribution >= 4 is 17.6 Å². The maximum Gasteiger partial charge on any atom is 0.178 e. The average Bonchev–Trinajstić information content (AvgIpc) is 2.67. The van der Waals surface area contributed by atoms with Crippen molar-refractivity contribution in [2.24, 2.45) is 0 Å². The van der Waals surface area contributed by atoms with Crippen molar-refractivity contribution in [3.8, 4) is 11.4 Å². The van der Waals surface area contributed by atoms with Gasteiger partial charge in [0, 0.05) is 17.8 Å². The normalized spacial score (nSPS) is 10.1. The van der Waals surface area contributed by atoms with E-state index in [9.17, 15) is 4.79 Å². The van der Waals surface area contributed by atoms with Gasteiger partial charge in [-0.25, -0.2) is 4.98 Å². The highest BCUT2D eigenvalue weighted by Gasteiger charge is 2.07. The van der Waals surface area contributed by atoms with Gasteiger partial charge in [0.25, 0.3) is 0 Å². The van der Waals surface area contributed by atoms with Crippen molar-refractivity contribution in [3.05, 3.63) is 28.5 Å². The molecule has 0 aliphatic heterocycles. The number of rotatable bonds is 2. The van der Waals surface area contributed by atoms with Gasteiger partial charge >= 0.3 is 0 Å². The first-order chi connectivity index (χ1) is 6.81. The number of thiazole rings is 1. The van der Waals surface area contributed by atoms with E-state index in [2.05, 4.69) is 15.0 Å². The Morgan fingerprint density at radius 3 is 2.79 bits per heavy atom. The van der Waals surface area contributed by atoms with Crippen molar-refractivity contribution < 1.29 is 4.79 Å². The Labute approximate surface area is 84.7 Å². The van der Waals surface area contributed by atoms with Crippen LogP contribution >= 0.6 is 11.3 Å². The van der Waals surface area contributed by atoms with Crippen LogP contribution in [0.15, 0.2) is 17.8 Å². The van der Waals surface area contributed by atoms with Crippen LogP contribution in [-0.4, -0.2) is 21.2 Å². The second-order valence-electron chi connectivity index (χ2n) is 2.68. The third-order valence-corrected chi connectivity index (χ3v) is 2.52. The fourth-order valence-electron chi connectivity index (χ4n) is 1.11. The fraction of sp³-hybridized carbons (Fsp3) is 0.111. The van der Waals surface area contributed by atoms with Crippen molar-refractivity contribution in [3.63, 3.8) is 0 Å². The zero-order valence-corrected chi connectivity index (χ0v) is 8.28. The summed E-state index contributed by atoms with van der Waals surface area (Å²) in [7, 11) is 0. The van der Waals surface area contributed by atoms with Crippen LogP contribution in [0.2, 0.25) is 0 Å². The number of hydrogen-bond acceptors (Lipinski definition) is 5. The van der Waals surface area contributed by atoms with Gasteiger partial charge in [-0.05, 0) is 6.92 Å². The molecule has 70 valence electrons. The predicted octanol–water partition coefficient (Wildman–Crippen LogP) is 1.72. The number of carbonyl (C=O) groups excluding carboxylic acids is 1. The van der Waals surface area contributed by atoms with Crippen LogP contribution in [0.5, 0.6) is 0 Å². The molecule has 0 atom stereocenters. The fourth-order valence-corrected chi connectivity index (χ4v) is 1.71. The van der Waals surface area contributed by atoms with E-state index in [-0.39, 0.29) is 0 Å². The van der Waals surface area contributed by atoms with Gasteiger partial charge in [0.2, 0.25) is 0 Å². The van der Waals surface area contributed by atoms with Crippen molar-refractivity contribution in [1.29, 1.82) is 0 Å². The predicted molar refractivity (Wildman–Crippen MR) is 53.3 cm³/mol. The van der Waals surface area contributed by atoms with Crippen molar-refractivity contribution in [2.45, 2.75) is 6.92 Å². The Bertz CT molecular complexity index is 467. The Balaban J connectivity index is 2.49. The molecule has 2 aromatic rings. The number of carbonyl (C=O) groups is 1. The molecule has 0 saturated carbocycles. The minimum atomic E-state index is 0.463. The van der Waals surface area contributed by atoms with E-state index >= 15 is 0 Å². The van der Waals surface area contributed by atoms with Crippen LogP contribution in [0.3, 0.4) is 0 Å². The lowest BCUT2D eigenvalue weighted by atomic mass is 10.3. The van der Waals surface area contributed by atoms with E-state index in [1.165, 1.54) is 11.3 Å². The Kier molecular flexibility index (Phi) is 2.32. The largest absolute Gasteiger partial charge is 0.295 e. The monoisotopic (exact) mass is 205 g/mol. The van der Waals surface area contributed by atoms with Gasteiger partial charge in [-0.2, -0.15) is 0 Å². The minimum absolute atomic E-state index is 0.463. The van der Waals surface area contributed by atoms with Crippen molar-refractivity contribution in [1.82, 2.24) is 15.0 Å². The van der Waals surface area contributed by atoms with Gasteiger partial charge in [0.1, 0.15) is 11.4 Å². The molecule has 0 bridgehead atoms. The van der Waals surface area contributed by atoms with Gasteiger partial charge in [-0.3, -0.25) is 14.8 Å². The summed E-state index contributed by atoms with van der Waals surface area (Å²) in [6.07, 6.45) is 3.98. The quantitative estimate of drug-likeness (QED) is 0.700. The zero-order chi connectivity index (χ0) is 9.97. The third kappa shape index (κ3) is 1.54. The van der Waals surface area contributed by atoms with Crippen LogP contribution in [-0.2, 0) is 0 Å². The molecule has 2 heterocycles. The number of nitrogens with zero attached hydrogens (tertiary/aromatic N) is 3. The molecule has 0 radical (unpaired) electrons. The lowest BCUT2D eigenvalue weighted by Gasteiger charge is -1.97. The average molecular weight is 205 g/mol. The smallest absolute Gasteiger partial charge is 0.178 e. The molecule has 0 fully saturated rings. The summed E-state index contributed by atoms with van der Waals surface area (Å²) in [6.45, 7) is 1.86. The summed E-state index contributed by atoms with van der Waals surface area (Å²) >= 11 is 1.31. The molecule has 4 nitrogen and oxygen atoms in total. The Morgan fingerprint density at radius 2 is 2.14 bits per heavy atom. The summed E-state index contributed by atoms with van der Waals surface area (Å²) < 4.78 is 0. The van der Waals surface area contributed by atoms with Crippen LogP contribution in [0.1, 0.15) is 15.5 Å². The summed E-state index contributed by atoms with van der Waals surface area (Å²) in [5, 5.41) is 2.27. The number of aryl methyl sites for hydroxylation is 1. The lowest BCUT2D eigenvalue weighted by molar-refractivity contribution is 0.112. The molecule has 14 heavy (non-hydrogen) atoms. The van der Waals surface area contributed by atoms with E-state index in [4.69, 9.17) is 0 Å². The van der Waals surface area contributed by atoms with E-state index in [1.54, 1.807) is 17.8 Å². The Morgan fingerprint density at radius 1 is 1.36 bits per heavy atom. The van der Waals surface area contributed by atoms with Crippen molar-refractivity contribution in [2.75, 3.05) is 0 Å². The first kappa shape index (κ1) is 8.96. The summed E-state index contributed by atoms with van der Waals surface area (Å²) in [6, 6.07) is 0. The summed E-state index contributed by atoms with van der Waals surface area (Å²) in [5.41, 5.74) is 2.26. The Hall–Kier alpha value is -1.62. The van der Waals surface area contributed by atoms with Crippen LogP contribution in [0.4, 0.5) is 0 Å². The van der Waals surface area contributed by atoms with Crippen LogP contribution in [0.25, 0.3) is 11.4 Å². The molecule has 0 saturated heterocycles. The first-order valence-electron chi connectivity index (χ1n) is 4.00. The second kappa shape index (κ2) is 3.63. The van der Waals surface area contributed by atoms with Crippen LogP contribution < -0.4 is 0 Å². The summed E-state index contributed by atoms with van der Waals surface area (Å²) in [5.74, 6) is 0. The molecule has 0 N–H and O–H groups in total. The van der Waals surface area contributed by atoms with Crippen LogP contribution in [0, 0.1) is 6.92 Å². The highest BCUT2D eigenvalue weighted by molar-refractivity contribution is 7.11. The van der Waals surface area contributed by atoms with Gasteiger partial charge in [0.15, 0.2) is 11.3 Å². The SMILES string of the molecule is Cc1nccnc1-c1csc(C=O)n1. The van der Waals surface area contributed by atoms with Gasteiger partial charge in [-0.15, -0.1) is 11.3 Å². The third-order valence-electron chi connectivity index (χ3n) is 1.75. The molecule has 0 aliphatic carbocycles. The summed E-state index contributed by atoms with van der Waals surface area (Å²) in [4.78, 5) is 22.8. The molecule has 2 aromatic heterocycles. The molecule has 0 aliphatic rings. The standard InChI is InChI=1S/C9H7N3OS/c1-6-9(11-3-2-10-6)7-5-14-8(4-13)12-7/h2-5H,1H3. The van der Waals surface area contributed by atoms with E-state index in [0.29, 0.717) is 10.7 Å². The highest BCUT2D eigenvalue weighted by Crippen LogP contribution is 2.20. The number of aromatic nitrogens is 3. The molecular weight excluding hydrogens is 198 g/mol. The molecule has 5 heteroatoms.